The van der Waals surface area contributed by atoms with Gasteiger partial charge >= 0.3 is 24.7 Å². The number of aromatic nitrogens is 4. The normalized spacial score (nSPS) is 13.6. The van der Waals surface area contributed by atoms with E-state index in [-0.39, 0.29) is 72.9 Å². The first-order chi connectivity index (χ1) is 37.6. The van der Waals surface area contributed by atoms with Crippen LogP contribution in [0.15, 0.2) is 97.6 Å². The Bertz CT molecular complexity index is 3030. The lowest BCUT2D eigenvalue weighted by atomic mass is 9.98. The second-order valence-corrected chi connectivity index (χ2v) is 18.7. The number of hydrogen-bond donors (Lipinski definition) is 1. The molecule has 2 aromatic carbocycles. The molecule has 1 amide bonds. The predicted octanol–water partition coefficient (Wildman–Crippen LogP) is 11.1. The van der Waals surface area contributed by atoms with Gasteiger partial charge in [-0.05, 0) is 60.7 Å². The highest BCUT2D eigenvalue weighted by Crippen LogP contribution is 2.37. The van der Waals surface area contributed by atoms with Gasteiger partial charge in [0, 0.05) is 85.2 Å². The summed E-state index contributed by atoms with van der Waals surface area (Å²) in [6, 6.07) is 12.5. The summed E-state index contributed by atoms with van der Waals surface area (Å²) in [7, 11) is 0. The molecule has 6 heterocycles. The van der Waals surface area contributed by atoms with Gasteiger partial charge in [-0.25, -0.2) is 17.6 Å². The number of amides is 1. The standard InChI is InChI=1S/C42H46ClF8N4O5.C13H7F5N/c43-11-3-1-2-4-15-57-17-19-59-21-22-60-20-18-58-16-12-52-38(56)8-5-29-9-13-54-36(23-29)37-26-31(41(46,47)48)10-14-55(37)39(54)25-30-24-33(44)27-34(45)40(30)35-7-6-32(28-53-35)42(49,50)51;14-9-3-7-5-19-6-8(13(16,17)18)1-2-11(19)12(7)10(15)4-9/h6-7,9-10,13-14,23-24,26-28,39H,1-5,8,11-12,15-22,25H2;1-4,6H,5H2/q2*+1/p+1/t39-;/m1./s1. The lowest BCUT2D eigenvalue weighted by Gasteiger charge is -2.13. The lowest BCUT2D eigenvalue weighted by Crippen LogP contribution is -2.53. The number of carbonyl (C=O) groups is 1. The first-order valence-electron chi connectivity index (χ1n) is 25.0. The molecule has 6 aromatic rings. The van der Waals surface area contributed by atoms with Crippen molar-refractivity contribution in [2.45, 2.75) is 76.2 Å². The van der Waals surface area contributed by atoms with Gasteiger partial charge in [-0.2, -0.15) is 44.1 Å². The molecule has 10 nitrogen and oxygen atoms in total. The molecule has 4 aromatic heterocycles. The van der Waals surface area contributed by atoms with Crippen molar-refractivity contribution in [3.8, 4) is 33.9 Å². The van der Waals surface area contributed by atoms with Crippen molar-refractivity contribution in [3.05, 3.63) is 154 Å². The minimum absolute atomic E-state index is 0.0308. The topological polar surface area (TPSA) is 90.6 Å². The fraction of sp³-hybridized carbons (Fsp3) is 0.400. The number of nitrogens with zero attached hydrogens (tertiary/aromatic N) is 4. The van der Waals surface area contributed by atoms with Crippen LogP contribution in [0.5, 0.6) is 0 Å². The summed E-state index contributed by atoms with van der Waals surface area (Å²) >= 11 is 5.66. The molecule has 0 saturated carbocycles. The molecule has 0 aliphatic carbocycles. The molecule has 79 heavy (non-hydrogen) atoms. The van der Waals surface area contributed by atoms with Crippen LogP contribution in [0.4, 0.5) is 57.1 Å². The van der Waals surface area contributed by atoms with Crippen LogP contribution in [0.25, 0.3) is 33.9 Å². The number of pyridine rings is 4. The van der Waals surface area contributed by atoms with Crippen LogP contribution in [0.3, 0.4) is 0 Å². The van der Waals surface area contributed by atoms with Gasteiger partial charge in [0.15, 0.2) is 25.1 Å². The van der Waals surface area contributed by atoms with E-state index < -0.39 is 64.7 Å². The zero-order valence-corrected chi connectivity index (χ0v) is 42.9. The van der Waals surface area contributed by atoms with Crippen molar-refractivity contribution >= 4 is 17.5 Å². The molecular formula is C55H54ClF13N5O5+3. The average molecular weight is 1150 g/mol. The van der Waals surface area contributed by atoms with E-state index in [0.717, 1.165) is 80.4 Å². The van der Waals surface area contributed by atoms with Gasteiger partial charge in [0.2, 0.25) is 11.6 Å². The Morgan fingerprint density at radius 1 is 0.608 bits per heavy atom. The van der Waals surface area contributed by atoms with Crippen molar-refractivity contribution < 1.29 is 94.5 Å². The van der Waals surface area contributed by atoms with Crippen LogP contribution in [0.1, 0.15) is 71.7 Å². The van der Waals surface area contributed by atoms with Crippen molar-refractivity contribution in [2.24, 2.45) is 0 Å². The van der Waals surface area contributed by atoms with E-state index in [1.165, 1.54) is 21.4 Å². The highest BCUT2D eigenvalue weighted by atomic mass is 35.5. The minimum atomic E-state index is -4.69. The highest BCUT2D eigenvalue weighted by Gasteiger charge is 2.47. The largest absolute Gasteiger partial charge is 0.422 e. The van der Waals surface area contributed by atoms with Gasteiger partial charge in [0.05, 0.1) is 68.6 Å². The average Bonchev–Trinajstić information content (AvgIpc) is 4.17. The number of hydrogen-bond acceptors (Lipinski definition) is 6. The highest BCUT2D eigenvalue weighted by molar-refractivity contribution is 6.17. The van der Waals surface area contributed by atoms with E-state index in [0.29, 0.717) is 86.9 Å². The third kappa shape index (κ3) is 16.4. The third-order valence-corrected chi connectivity index (χ3v) is 13.0. The number of fused-ring (bicyclic) bond motifs is 6. The quantitative estimate of drug-likeness (QED) is 0.0281. The Morgan fingerprint density at radius 3 is 1.82 bits per heavy atom. The lowest BCUT2D eigenvalue weighted by molar-refractivity contribution is -0.910. The number of nitrogens with one attached hydrogen (secondary N) is 1. The van der Waals surface area contributed by atoms with E-state index in [2.05, 4.69) is 10.3 Å². The van der Waals surface area contributed by atoms with Crippen molar-refractivity contribution in [2.75, 3.05) is 65.3 Å². The van der Waals surface area contributed by atoms with Crippen LogP contribution in [0.2, 0.25) is 0 Å². The van der Waals surface area contributed by atoms with Crippen molar-refractivity contribution in [3.63, 3.8) is 0 Å². The molecule has 8 rings (SSSR count). The number of unbranched alkanes of at least 4 members (excludes halogenated alkanes) is 3. The summed E-state index contributed by atoms with van der Waals surface area (Å²) < 4.78 is 202. The first-order valence-corrected chi connectivity index (χ1v) is 25.6. The number of aryl methyl sites for hydroxylation is 1. The molecule has 0 saturated heterocycles. The Kier molecular flexibility index (Phi) is 20.8. The molecule has 0 spiro atoms. The summed E-state index contributed by atoms with van der Waals surface area (Å²) in [6.45, 7) is 3.79. The summed E-state index contributed by atoms with van der Waals surface area (Å²) in [5, 5.41) is 2.77. The van der Waals surface area contributed by atoms with Crippen LogP contribution < -0.4 is 19.0 Å². The SMILES string of the molecule is Fc1cc(F)c2c(c1)C[n+]1cc(C(F)(F)F)ccc1-2.O=C(CCc1cc[n+]2c(c1)-c1cc(C(F)(F)F)cc[n+]1[C@@H]2Cc1cc(F)cc(F)c1-c1ccc(C(F)(F)F)cn1)NCCOCCOCCOCCOCCCCCCCl. The van der Waals surface area contributed by atoms with Crippen molar-refractivity contribution in [1.29, 1.82) is 0 Å². The number of ether oxygens (including phenoxy) is 4. The Hall–Kier alpha value is -6.27. The second-order valence-electron chi connectivity index (χ2n) is 18.3. The number of rotatable bonds is 24. The van der Waals surface area contributed by atoms with Gasteiger partial charge < -0.3 is 24.3 Å². The number of carbonyl (C=O) groups excluding carboxylic acids is 1. The maximum atomic E-state index is 15.3. The molecular weight excluding hydrogens is 1090 g/mol. The molecule has 424 valence electrons. The number of benzene rings is 2. The molecule has 0 unspecified atom stereocenters. The predicted molar refractivity (Wildman–Crippen MR) is 260 cm³/mol. The maximum absolute atomic E-state index is 15.3. The van der Waals surface area contributed by atoms with Gasteiger partial charge in [-0.3, -0.25) is 9.78 Å². The molecule has 0 fully saturated rings. The Balaban J connectivity index is 0.000000395. The third-order valence-electron chi connectivity index (χ3n) is 12.7. The molecule has 1 atom stereocenters. The minimum Gasteiger partial charge on any atom is -0.379 e. The molecule has 0 radical (unpaired) electrons. The summed E-state index contributed by atoms with van der Waals surface area (Å²) in [5.41, 5.74) is -1.20. The van der Waals surface area contributed by atoms with E-state index in [1.54, 1.807) is 22.9 Å². The summed E-state index contributed by atoms with van der Waals surface area (Å²) in [6.07, 6.45) is -5.97. The monoisotopic (exact) mass is 1150 g/mol. The van der Waals surface area contributed by atoms with Gasteiger partial charge in [-0.15, -0.1) is 20.7 Å². The van der Waals surface area contributed by atoms with Crippen molar-refractivity contribution in [1.82, 2.24) is 10.3 Å². The Morgan fingerprint density at radius 2 is 1.19 bits per heavy atom. The van der Waals surface area contributed by atoms with Crippen LogP contribution >= 0.6 is 11.6 Å². The number of alkyl halides is 10. The first kappa shape index (κ1) is 60.4. The smallest absolute Gasteiger partial charge is 0.379 e. The van der Waals surface area contributed by atoms with Gasteiger partial charge in [0.1, 0.15) is 35.3 Å². The van der Waals surface area contributed by atoms with Gasteiger partial charge in [-0.1, -0.05) is 12.8 Å². The van der Waals surface area contributed by atoms with Crippen LogP contribution in [-0.2, 0) is 61.7 Å². The zero-order valence-electron chi connectivity index (χ0n) is 42.2. The Labute approximate surface area is 450 Å². The van der Waals surface area contributed by atoms with Crippen LogP contribution in [-0.4, -0.2) is 76.2 Å². The molecule has 0 bridgehead atoms. The summed E-state index contributed by atoms with van der Waals surface area (Å²) in [5.74, 6) is -3.09. The summed E-state index contributed by atoms with van der Waals surface area (Å²) in [4.78, 5) is 16.4. The zero-order chi connectivity index (χ0) is 56.9. The van der Waals surface area contributed by atoms with E-state index in [9.17, 15) is 57.5 Å². The maximum Gasteiger partial charge on any atom is 0.422 e. The fourth-order valence-corrected chi connectivity index (χ4v) is 9.15. The number of halogens is 14. The molecule has 1 N–H and O–H groups in total. The van der Waals surface area contributed by atoms with E-state index in [1.807, 2.05) is 0 Å². The van der Waals surface area contributed by atoms with Gasteiger partial charge in [0.25, 0.3) is 11.4 Å². The molecule has 24 heteroatoms. The van der Waals surface area contributed by atoms with E-state index in [4.69, 9.17) is 30.5 Å². The molecule has 2 aliphatic heterocycles. The second kappa shape index (κ2) is 27.3. The van der Waals surface area contributed by atoms with E-state index >= 15 is 4.39 Å². The molecule has 2 aliphatic rings. The fourth-order valence-electron chi connectivity index (χ4n) is 8.96. The van der Waals surface area contributed by atoms with Crippen LogP contribution in [0, 0.1) is 23.3 Å².